The summed E-state index contributed by atoms with van der Waals surface area (Å²) in [5.74, 6) is -24.8. The highest BCUT2D eigenvalue weighted by atomic mass is 31.1. The average molecular weight is 765 g/mol. The van der Waals surface area contributed by atoms with E-state index in [2.05, 4.69) is 0 Å². The van der Waals surface area contributed by atoms with Gasteiger partial charge in [-0.1, -0.05) is 65.7 Å². The Morgan fingerprint density at radius 3 is 1.13 bits per heavy atom. The summed E-state index contributed by atoms with van der Waals surface area (Å²) in [5.41, 5.74) is 2.00. The quantitative estimate of drug-likeness (QED) is 0.0533. The van der Waals surface area contributed by atoms with Gasteiger partial charge in [0.05, 0.1) is 0 Å². The predicted molar refractivity (Wildman–Crippen MR) is 194 cm³/mol. The number of halogens is 10. The van der Waals surface area contributed by atoms with Crippen LogP contribution in [0.25, 0.3) is 0 Å². The number of aryl methyl sites for hydroxylation is 6. The highest BCUT2D eigenvalue weighted by Crippen LogP contribution is 2.40. The molecule has 6 aromatic carbocycles. The van der Waals surface area contributed by atoms with Crippen LogP contribution in [0.1, 0.15) is 33.4 Å². The minimum Gasteiger partial charge on any atom is -0.224 e. The van der Waals surface area contributed by atoms with E-state index >= 15 is 17.6 Å². The number of hydrogen-bond acceptors (Lipinski definition) is 0. The third-order valence-corrected chi connectivity index (χ3v) is 13.7. The number of hydrogen-bond donors (Lipinski definition) is 0. The monoisotopic (exact) mass is 765 g/mol. The van der Waals surface area contributed by atoms with Gasteiger partial charge in [0.25, 0.3) is 0 Å². The molecule has 0 amide bonds. The van der Waals surface area contributed by atoms with Crippen molar-refractivity contribution >= 4 is 46.9 Å². The summed E-state index contributed by atoms with van der Waals surface area (Å²) >= 11 is 0. The van der Waals surface area contributed by atoms with Gasteiger partial charge in [0.1, 0.15) is 47.1 Å². The van der Waals surface area contributed by atoms with Crippen molar-refractivity contribution in [1.82, 2.24) is 0 Å². The van der Waals surface area contributed by atoms with E-state index in [0.29, 0.717) is 15.7 Å². The Morgan fingerprint density at radius 2 is 0.741 bits per heavy atom. The largest absolute Gasteiger partial charge is 0.224 e. The summed E-state index contributed by atoms with van der Waals surface area (Å²) in [6, 6.07) is 17.7. The second-order valence-corrected chi connectivity index (χ2v) is 16.1. The van der Waals surface area contributed by atoms with E-state index in [1.54, 1.807) is 12.1 Å². The van der Waals surface area contributed by atoms with Crippen molar-refractivity contribution in [2.75, 3.05) is 0 Å². The summed E-state index contributed by atoms with van der Waals surface area (Å²) in [4.78, 5) is 0. The van der Waals surface area contributed by atoms with Crippen molar-refractivity contribution < 1.29 is 43.9 Å². The van der Waals surface area contributed by atoms with E-state index in [9.17, 15) is 26.3 Å². The normalized spacial score (nSPS) is 12.0. The molecule has 0 N–H and O–H groups in total. The zero-order valence-corrected chi connectivity index (χ0v) is 30.6. The second-order valence-electron chi connectivity index (χ2n) is 13.8. The molecule has 0 heterocycles. The lowest BCUT2D eigenvalue weighted by atomic mass is 9.35. The molecule has 7 rings (SSSR count). The summed E-state index contributed by atoms with van der Waals surface area (Å²) in [6.45, 7) is 9.18. The molecule has 275 valence electrons. The lowest BCUT2D eigenvalue weighted by Crippen LogP contribution is -2.59. The first kappa shape index (κ1) is 37.4. The van der Waals surface area contributed by atoms with Gasteiger partial charge in [0, 0.05) is 5.22 Å². The molecule has 0 saturated carbocycles. The molecule has 54 heavy (non-hydrogen) atoms. The minimum absolute atomic E-state index is 0.119. The lowest BCUT2D eigenvalue weighted by molar-refractivity contribution is 0.382. The van der Waals surface area contributed by atoms with Gasteiger partial charge in [-0.05, 0) is 92.2 Å². The average Bonchev–Trinajstić information content (AvgIpc) is 3.11. The second kappa shape index (κ2) is 13.4. The summed E-state index contributed by atoms with van der Waals surface area (Å²) in [6.07, 6.45) is 0. The molecule has 0 aliphatic heterocycles. The molecular formula is C42H29BF10P. The Morgan fingerprint density at radius 1 is 0.407 bits per heavy atom. The molecule has 0 atom stereocenters. The van der Waals surface area contributed by atoms with Crippen molar-refractivity contribution in [3.8, 4) is 0 Å². The molecule has 12 heteroatoms. The van der Waals surface area contributed by atoms with Crippen LogP contribution in [0.2, 0.25) is 0 Å². The SMILES string of the molecule is Cc1cc(C)c([PH+](c2c(C)cc(C)cc2C)c2cccc3c2=c2c([B-](c4c(F)c(F)c(F)c(F)c4F)c4c(F)c(F)c(F)c(F)c4F)cccc2=3)c(C)c1. The Hall–Kier alpha value is -4.89. The van der Waals surface area contributed by atoms with Crippen LogP contribution in [0, 0.1) is 121 Å². The van der Waals surface area contributed by atoms with E-state index in [-0.39, 0.29) is 5.22 Å². The van der Waals surface area contributed by atoms with E-state index < -0.39 is 89.2 Å². The van der Waals surface area contributed by atoms with Gasteiger partial charge < -0.3 is 0 Å². The van der Waals surface area contributed by atoms with Crippen LogP contribution in [-0.2, 0) is 0 Å². The first-order valence-corrected chi connectivity index (χ1v) is 18.3. The zero-order chi connectivity index (χ0) is 39.2. The molecule has 0 spiro atoms. The van der Waals surface area contributed by atoms with Gasteiger partial charge >= 0.3 is 0 Å². The first-order valence-electron chi connectivity index (χ1n) is 16.8. The molecule has 0 saturated heterocycles. The highest BCUT2D eigenvalue weighted by Gasteiger charge is 2.36. The third kappa shape index (κ3) is 5.49. The van der Waals surface area contributed by atoms with Gasteiger partial charge in [-0.15, -0.1) is 0 Å². The Kier molecular flexibility index (Phi) is 9.32. The molecule has 0 bridgehead atoms. The van der Waals surface area contributed by atoms with Crippen molar-refractivity contribution in [1.29, 1.82) is 0 Å². The summed E-state index contributed by atoms with van der Waals surface area (Å²) in [7, 11) is -2.05. The topological polar surface area (TPSA) is 0 Å². The van der Waals surface area contributed by atoms with E-state index in [1.807, 2.05) is 77.9 Å². The fourth-order valence-corrected chi connectivity index (χ4v) is 11.7. The van der Waals surface area contributed by atoms with Gasteiger partial charge in [-0.2, -0.15) is 10.9 Å². The van der Waals surface area contributed by atoms with E-state index in [1.165, 1.54) is 6.07 Å². The van der Waals surface area contributed by atoms with Crippen LogP contribution >= 0.6 is 7.92 Å². The van der Waals surface area contributed by atoms with Crippen LogP contribution in [0.4, 0.5) is 43.9 Å². The Bertz CT molecular complexity index is 2590. The van der Waals surface area contributed by atoms with Gasteiger partial charge in [-0.3, -0.25) is 0 Å². The van der Waals surface area contributed by atoms with Crippen LogP contribution in [-0.4, -0.2) is 6.71 Å². The van der Waals surface area contributed by atoms with Crippen LogP contribution < -0.4 is 32.3 Å². The van der Waals surface area contributed by atoms with Crippen molar-refractivity contribution in [2.45, 2.75) is 41.5 Å². The van der Waals surface area contributed by atoms with Gasteiger partial charge in [-0.25, -0.2) is 49.4 Å². The highest BCUT2D eigenvalue weighted by molar-refractivity contribution is 7.80. The van der Waals surface area contributed by atoms with Crippen molar-refractivity contribution in [3.05, 3.63) is 173 Å². The molecule has 1 aliphatic carbocycles. The van der Waals surface area contributed by atoms with E-state index in [4.69, 9.17) is 0 Å². The van der Waals surface area contributed by atoms with Crippen LogP contribution in [0.15, 0.2) is 60.7 Å². The predicted octanol–water partition coefficient (Wildman–Crippen LogP) is 7.82. The first-order chi connectivity index (χ1) is 25.5. The zero-order valence-electron chi connectivity index (χ0n) is 29.6. The molecule has 1 aliphatic rings. The molecule has 1 radical (unpaired) electrons. The van der Waals surface area contributed by atoms with Crippen LogP contribution in [0.5, 0.6) is 0 Å². The maximum atomic E-state index is 15.8. The third-order valence-electron chi connectivity index (χ3n) is 10.2. The Balaban J connectivity index is 1.69. The maximum Gasteiger partial charge on any atom is 0.200 e. The fourth-order valence-electron chi connectivity index (χ4n) is 8.26. The molecule has 0 unspecified atom stereocenters. The minimum atomic E-state index is -2.68. The molecular weight excluding hydrogens is 736 g/mol. The standard InChI is InChI=1S/C42H28BF10P/c1-17-13-19(3)41(20(4)14-17)54(42-21(5)15-18(2)16-22(42)6)26-12-8-10-24-23-9-7-11-25(27(23)28(24)26)43(29-31(44)35(48)39(52)36(49)32(29)45)30-33(46)37(50)40(53)38(51)34(30)47/h7-16H,1-6H3/q-1/p+1. The van der Waals surface area contributed by atoms with E-state index in [0.717, 1.165) is 55.4 Å². The van der Waals surface area contributed by atoms with Gasteiger partial charge in [0.2, 0.25) is 0 Å². The molecule has 6 aromatic rings. The maximum absolute atomic E-state index is 15.8. The summed E-state index contributed by atoms with van der Waals surface area (Å²) < 4.78 is 151. The number of rotatable bonds is 6. The van der Waals surface area contributed by atoms with Crippen molar-refractivity contribution in [2.24, 2.45) is 0 Å². The van der Waals surface area contributed by atoms with Crippen molar-refractivity contribution in [3.63, 3.8) is 0 Å². The number of benzene rings is 6. The summed E-state index contributed by atoms with van der Waals surface area (Å²) in [5, 5.41) is 4.37. The fraction of sp³-hybridized carbons (Fsp3) is 0.143. The Labute approximate surface area is 304 Å². The molecule has 0 nitrogen and oxygen atoms in total. The van der Waals surface area contributed by atoms with Gasteiger partial charge in [0.15, 0.2) is 34.9 Å². The number of fused-ring (bicyclic) bond motifs is 2. The molecule has 0 fully saturated rings. The van der Waals surface area contributed by atoms with Crippen LogP contribution in [0.3, 0.4) is 0 Å². The molecule has 0 aromatic heterocycles. The smallest absolute Gasteiger partial charge is 0.200 e. The lowest BCUT2D eigenvalue weighted by Gasteiger charge is -2.34.